The Balaban J connectivity index is 0.0000109. The van der Waals surface area contributed by atoms with Crippen molar-refractivity contribution in [3.63, 3.8) is 0 Å². The molecule has 0 saturated heterocycles. The number of unbranched alkanes of at least 4 members (excludes halogenated alkanes) is 3. The van der Waals surface area contributed by atoms with E-state index in [-0.39, 0.29) is 32.6 Å². The molecule has 2 nitrogen and oxygen atoms in total. The molecule has 0 amide bonds. The van der Waals surface area contributed by atoms with E-state index in [1.165, 1.54) is 86.7 Å². The van der Waals surface area contributed by atoms with Crippen LogP contribution in [0.5, 0.6) is 0 Å². The molecule has 0 spiro atoms. The number of hydrogen-bond acceptors (Lipinski definition) is 4. The Morgan fingerprint density at radius 3 is 1.56 bits per heavy atom. The molecule has 1 aromatic rings. The summed E-state index contributed by atoms with van der Waals surface area (Å²) < 4.78 is 0. The lowest BCUT2D eigenvalue weighted by Gasteiger charge is -2.28. The summed E-state index contributed by atoms with van der Waals surface area (Å²) >= 11 is 2.67. The molecule has 0 aliphatic rings. The molecule has 0 aliphatic heterocycles. The molecule has 0 aromatic heterocycles. The van der Waals surface area contributed by atoms with Crippen molar-refractivity contribution in [1.82, 2.24) is 0 Å². The minimum atomic E-state index is -0.917. The lowest BCUT2D eigenvalue weighted by molar-refractivity contribution is -0.118. The summed E-state index contributed by atoms with van der Waals surface area (Å²) in [4.78, 5) is 27.1. The maximum Gasteiger partial charge on any atom is 0.199 e. The Morgan fingerprint density at radius 2 is 1.15 bits per heavy atom. The highest BCUT2D eigenvalue weighted by molar-refractivity contribution is 8.14. The third-order valence-corrected chi connectivity index (χ3v) is 13.9. The van der Waals surface area contributed by atoms with E-state index in [2.05, 4.69) is 20.8 Å². The topological polar surface area (TPSA) is 34.1 Å². The number of carbonyl (C=O) groups is 2. The average Bonchev–Trinajstić information content (AvgIpc) is 2.80. The van der Waals surface area contributed by atoms with Gasteiger partial charge in [-0.25, -0.2) is 0 Å². The van der Waals surface area contributed by atoms with Crippen LogP contribution in [-0.2, 0) is 9.59 Å². The second kappa shape index (κ2) is 18.4. The molecule has 34 heavy (non-hydrogen) atoms. The van der Waals surface area contributed by atoms with Crippen molar-refractivity contribution in [2.75, 3.05) is 24.6 Å². The quantitative estimate of drug-likeness (QED) is 0.152. The zero-order chi connectivity index (χ0) is 24.7. The standard InChI is InChI=1S/C28H48O2PS2.BrH/c1-7-11-20-31(21-12-8-2,22-13-9-3)23-14-15-26(29)32-24-16-18-25(19-17-24)33-27(30)28(5,6)10-4;/h16-19H,7-15,20-23H2,1-6H3;1H/q+1;/p-1. The van der Waals surface area contributed by atoms with Crippen LogP contribution in [0, 0.1) is 5.41 Å². The lowest BCUT2D eigenvalue weighted by atomic mass is 9.92. The molecule has 0 N–H and O–H groups in total. The Labute approximate surface area is 230 Å². The number of benzene rings is 1. The molecule has 1 aromatic carbocycles. The van der Waals surface area contributed by atoms with E-state index in [0.717, 1.165) is 22.6 Å². The van der Waals surface area contributed by atoms with E-state index in [1.807, 2.05) is 45.0 Å². The second-order valence-electron chi connectivity index (χ2n) is 9.97. The van der Waals surface area contributed by atoms with Gasteiger partial charge in [0.2, 0.25) is 0 Å². The molecular formula is C28H48BrO2PS2. The Morgan fingerprint density at radius 1 is 0.735 bits per heavy atom. The smallest absolute Gasteiger partial charge is 0.199 e. The third kappa shape index (κ3) is 12.9. The Bertz CT molecular complexity index is 685. The van der Waals surface area contributed by atoms with E-state index in [9.17, 15) is 9.59 Å². The van der Waals surface area contributed by atoms with Crippen LogP contribution in [0.4, 0.5) is 0 Å². The average molecular weight is 592 g/mol. The van der Waals surface area contributed by atoms with Crippen molar-refractivity contribution < 1.29 is 26.6 Å². The largest absolute Gasteiger partial charge is 1.00 e. The zero-order valence-electron chi connectivity index (χ0n) is 22.5. The minimum Gasteiger partial charge on any atom is -1.00 e. The van der Waals surface area contributed by atoms with Crippen LogP contribution >= 0.6 is 30.8 Å². The predicted molar refractivity (Wildman–Crippen MR) is 153 cm³/mol. The molecule has 0 heterocycles. The van der Waals surface area contributed by atoms with E-state index in [4.69, 9.17) is 0 Å². The highest BCUT2D eigenvalue weighted by Gasteiger charge is 2.35. The fraction of sp³-hybridized carbons (Fsp3) is 0.714. The van der Waals surface area contributed by atoms with Crippen molar-refractivity contribution in [1.29, 1.82) is 0 Å². The highest BCUT2D eigenvalue weighted by atomic mass is 79.9. The first kappa shape index (κ1) is 34.2. The SMILES string of the molecule is CCCC[P+](CCCC)(CCCC)CCCC(=O)Sc1ccc(SC(=O)C(C)(C)CC)cc1.[Br-]. The summed E-state index contributed by atoms with van der Waals surface area (Å²) in [5, 5.41) is 0.473. The molecule has 0 saturated carbocycles. The van der Waals surface area contributed by atoms with Gasteiger partial charge >= 0.3 is 0 Å². The van der Waals surface area contributed by atoms with Crippen LogP contribution in [0.15, 0.2) is 34.1 Å². The Kier molecular flexibility index (Phi) is 18.5. The van der Waals surface area contributed by atoms with E-state index in [0.29, 0.717) is 6.42 Å². The second-order valence-corrected chi connectivity index (χ2v) is 16.6. The minimum absolute atomic E-state index is 0. The normalized spacial score (nSPS) is 11.8. The van der Waals surface area contributed by atoms with Crippen LogP contribution < -0.4 is 17.0 Å². The van der Waals surface area contributed by atoms with Gasteiger partial charge in [-0.05, 0) is 56.4 Å². The van der Waals surface area contributed by atoms with Crippen LogP contribution in [0.2, 0.25) is 0 Å². The lowest BCUT2D eigenvalue weighted by Crippen LogP contribution is -3.00. The molecule has 0 fully saturated rings. The molecule has 0 unspecified atom stereocenters. The first-order chi connectivity index (χ1) is 15.7. The van der Waals surface area contributed by atoms with Gasteiger partial charge in [0, 0.05) is 28.9 Å². The molecule has 0 atom stereocenters. The van der Waals surface area contributed by atoms with Gasteiger partial charge < -0.3 is 17.0 Å². The molecule has 1 rings (SSSR count). The van der Waals surface area contributed by atoms with Gasteiger partial charge in [-0.1, -0.05) is 84.3 Å². The van der Waals surface area contributed by atoms with Crippen LogP contribution in [0.3, 0.4) is 0 Å². The molecule has 0 radical (unpaired) electrons. The van der Waals surface area contributed by atoms with Crippen molar-refractivity contribution in [2.24, 2.45) is 5.41 Å². The summed E-state index contributed by atoms with van der Waals surface area (Å²) in [5.74, 6) is 0. The van der Waals surface area contributed by atoms with Gasteiger partial charge in [0.25, 0.3) is 0 Å². The van der Waals surface area contributed by atoms with Crippen molar-refractivity contribution >= 4 is 41.0 Å². The van der Waals surface area contributed by atoms with Crippen molar-refractivity contribution in [2.45, 2.75) is 109 Å². The van der Waals surface area contributed by atoms with Crippen LogP contribution in [-0.4, -0.2) is 34.9 Å². The highest BCUT2D eigenvalue weighted by Crippen LogP contribution is 2.61. The Hall–Kier alpha value is 0.170. The summed E-state index contributed by atoms with van der Waals surface area (Å²) in [5.41, 5.74) is -0.308. The number of rotatable bonds is 17. The van der Waals surface area contributed by atoms with Crippen molar-refractivity contribution in [3.8, 4) is 0 Å². The molecule has 6 heteroatoms. The monoisotopic (exact) mass is 590 g/mol. The van der Waals surface area contributed by atoms with Gasteiger partial charge in [-0.3, -0.25) is 9.59 Å². The summed E-state index contributed by atoms with van der Waals surface area (Å²) in [6.45, 7) is 13.0. The molecule has 196 valence electrons. The van der Waals surface area contributed by atoms with Gasteiger partial charge in [-0.15, -0.1) is 0 Å². The summed E-state index contributed by atoms with van der Waals surface area (Å²) in [6, 6.07) is 7.91. The number of thioether (sulfide) groups is 2. The van der Waals surface area contributed by atoms with Crippen LogP contribution in [0.25, 0.3) is 0 Å². The van der Waals surface area contributed by atoms with E-state index in [1.54, 1.807) is 0 Å². The maximum absolute atomic E-state index is 12.7. The van der Waals surface area contributed by atoms with Crippen molar-refractivity contribution in [3.05, 3.63) is 24.3 Å². The fourth-order valence-electron chi connectivity index (χ4n) is 3.86. The molecular weight excluding hydrogens is 543 g/mol. The summed E-state index contributed by atoms with van der Waals surface area (Å²) in [7, 11) is -0.917. The zero-order valence-corrected chi connectivity index (χ0v) is 26.6. The number of carbonyl (C=O) groups excluding carboxylic acids is 2. The number of hydrogen-bond donors (Lipinski definition) is 0. The van der Waals surface area contributed by atoms with Crippen LogP contribution in [0.1, 0.15) is 99.3 Å². The molecule has 0 aliphatic carbocycles. The van der Waals surface area contributed by atoms with Gasteiger partial charge in [-0.2, -0.15) is 0 Å². The number of halogens is 1. The molecule has 0 bridgehead atoms. The summed E-state index contributed by atoms with van der Waals surface area (Å²) in [6.07, 6.45) is 16.0. The van der Waals surface area contributed by atoms with E-state index >= 15 is 0 Å². The first-order valence-corrected chi connectivity index (χ1v) is 17.3. The fourth-order valence-corrected chi connectivity index (χ4v) is 10.7. The predicted octanol–water partition coefficient (Wildman–Crippen LogP) is 6.56. The van der Waals surface area contributed by atoms with Gasteiger partial charge in [0.15, 0.2) is 10.2 Å². The van der Waals surface area contributed by atoms with E-state index < -0.39 is 7.26 Å². The third-order valence-electron chi connectivity index (χ3n) is 6.67. The maximum atomic E-state index is 12.7. The first-order valence-electron chi connectivity index (χ1n) is 13.1. The van der Waals surface area contributed by atoms with Gasteiger partial charge in [0.05, 0.1) is 24.6 Å². The van der Waals surface area contributed by atoms with Gasteiger partial charge in [0.1, 0.15) is 0 Å².